The average Bonchev–Trinajstić information content (AvgIpc) is 1.81. The normalized spacial score (nSPS) is 10.1. The number of aliphatic carboxylic acids is 1. The van der Waals surface area contributed by atoms with Crippen LogP contribution in [0.1, 0.15) is 34.6 Å². The highest BCUT2D eigenvalue weighted by Gasteiger charge is 2.12. The van der Waals surface area contributed by atoms with Gasteiger partial charge in [-0.15, -0.1) is 0 Å². The highest BCUT2D eigenvalue weighted by molar-refractivity contribution is 5.68. The molecule has 0 heterocycles. The summed E-state index contributed by atoms with van der Waals surface area (Å²) in [5.41, 5.74) is 4.26. The summed E-state index contributed by atoms with van der Waals surface area (Å²) in [5.74, 6) is -0.972. The molecule has 0 unspecified atom stereocenters. The maximum atomic E-state index is 10.0. The van der Waals surface area contributed by atoms with Crippen molar-refractivity contribution < 1.29 is 19.4 Å². The molecule has 0 aliphatic rings. The molecule has 0 atom stereocenters. The number of amides is 1. The highest BCUT2D eigenvalue weighted by Crippen LogP contribution is 2.04. The Morgan fingerprint density at radius 1 is 1.29 bits per heavy atom. The van der Waals surface area contributed by atoms with Crippen molar-refractivity contribution in [1.82, 2.24) is 0 Å². The number of primary amides is 1. The van der Waals surface area contributed by atoms with Gasteiger partial charge in [0.2, 0.25) is 0 Å². The number of carbonyl (C=O) groups excluding carboxylic acids is 1. The minimum atomic E-state index is -0.741. The first-order chi connectivity index (χ1) is 6.06. The van der Waals surface area contributed by atoms with Crippen LogP contribution in [-0.2, 0) is 9.53 Å². The number of ether oxygens (including phenoxy) is 1. The smallest absolute Gasteiger partial charge is 0.405 e. The van der Waals surface area contributed by atoms with E-state index in [0.717, 1.165) is 0 Å². The monoisotopic (exact) mass is 205 g/mol. The fourth-order valence-electron chi connectivity index (χ4n) is 0.302. The molecule has 0 spiro atoms. The van der Waals surface area contributed by atoms with Gasteiger partial charge in [-0.1, -0.05) is 13.8 Å². The third-order valence-electron chi connectivity index (χ3n) is 0.901. The Hall–Kier alpha value is -1.26. The summed E-state index contributed by atoms with van der Waals surface area (Å²) in [6.07, 6.45) is -0.725. The topological polar surface area (TPSA) is 89.6 Å². The van der Waals surface area contributed by atoms with Crippen molar-refractivity contribution in [2.75, 3.05) is 0 Å². The number of hydrogen-bond acceptors (Lipinski definition) is 3. The summed E-state index contributed by atoms with van der Waals surface area (Å²) >= 11 is 0. The van der Waals surface area contributed by atoms with Crippen molar-refractivity contribution in [2.45, 2.75) is 40.2 Å². The van der Waals surface area contributed by atoms with Crippen LogP contribution < -0.4 is 5.73 Å². The number of hydrogen-bond donors (Lipinski definition) is 2. The van der Waals surface area contributed by atoms with E-state index in [-0.39, 0.29) is 5.92 Å². The second-order valence-electron chi connectivity index (χ2n) is 4.03. The van der Waals surface area contributed by atoms with E-state index in [1.54, 1.807) is 34.6 Å². The number of rotatable bonds is 1. The van der Waals surface area contributed by atoms with Crippen LogP contribution >= 0.6 is 0 Å². The number of carboxylic acid groups (broad SMARTS) is 1. The van der Waals surface area contributed by atoms with Gasteiger partial charge in [0, 0.05) is 0 Å². The number of nitrogens with two attached hydrogens (primary N) is 1. The van der Waals surface area contributed by atoms with Crippen LogP contribution in [0.4, 0.5) is 4.79 Å². The third kappa shape index (κ3) is 17.0. The summed E-state index contributed by atoms with van der Waals surface area (Å²) in [4.78, 5) is 19.7. The lowest BCUT2D eigenvalue weighted by Crippen LogP contribution is -2.27. The van der Waals surface area contributed by atoms with Crippen LogP contribution in [0.2, 0.25) is 0 Å². The minimum absolute atomic E-state index is 0.231. The molecule has 0 radical (unpaired) electrons. The molecule has 0 fully saturated rings. The molecule has 5 heteroatoms. The molecule has 0 aliphatic heterocycles. The molecular weight excluding hydrogens is 186 g/mol. The maximum Gasteiger partial charge on any atom is 0.405 e. The second-order valence-corrected chi connectivity index (χ2v) is 4.03. The van der Waals surface area contributed by atoms with Gasteiger partial charge in [-0.2, -0.15) is 0 Å². The molecule has 0 aromatic heterocycles. The molecule has 0 aromatic rings. The molecule has 0 rings (SSSR count). The predicted molar refractivity (Wildman–Crippen MR) is 52.9 cm³/mol. The first-order valence-corrected chi connectivity index (χ1v) is 4.27. The van der Waals surface area contributed by atoms with Gasteiger partial charge in [0.05, 0.1) is 5.92 Å². The van der Waals surface area contributed by atoms with Crippen molar-refractivity contribution in [2.24, 2.45) is 11.7 Å². The third-order valence-corrected chi connectivity index (χ3v) is 0.901. The Kier molecular flexibility index (Phi) is 6.78. The van der Waals surface area contributed by atoms with E-state index in [2.05, 4.69) is 4.74 Å². The first-order valence-electron chi connectivity index (χ1n) is 4.27. The van der Waals surface area contributed by atoms with Crippen molar-refractivity contribution in [3.63, 3.8) is 0 Å². The molecule has 5 nitrogen and oxygen atoms in total. The minimum Gasteiger partial charge on any atom is -0.481 e. The van der Waals surface area contributed by atoms with E-state index in [9.17, 15) is 9.59 Å². The van der Waals surface area contributed by atoms with E-state index < -0.39 is 17.7 Å². The molecular formula is C9H19NO4. The molecule has 1 amide bonds. The van der Waals surface area contributed by atoms with E-state index in [1.165, 1.54) is 0 Å². The Bertz CT molecular complexity index is 193. The average molecular weight is 205 g/mol. The Morgan fingerprint density at radius 2 is 1.57 bits per heavy atom. The summed E-state index contributed by atoms with van der Waals surface area (Å²) in [6, 6.07) is 0. The highest BCUT2D eigenvalue weighted by atomic mass is 16.6. The first kappa shape index (κ1) is 15.2. The van der Waals surface area contributed by atoms with E-state index in [1.807, 2.05) is 0 Å². The lowest BCUT2D eigenvalue weighted by atomic mass is 10.2. The molecule has 14 heavy (non-hydrogen) atoms. The van der Waals surface area contributed by atoms with Crippen LogP contribution in [0.15, 0.2) is 0 Å². The fraction of sp³-hybridized carbons (Fsp3) is 0.778. The Morgan fingerprint density at radius 3 is 1.57 bits per heavy atom. The number of carbonyl (C=O) groups is 2. The molecule has 0 saturated carbocycles. The van der Waals surface area contributed by atoms with Crippen LogP contribution in [0.5, 0.6) is 0 Å². The molecule has 0 aliphatic carbocycles. The van der Waals surface area contributed by atoms with Gasteiger partial charge in [-0.3, -0.25) is 4.79 Å². The lowest BCUT2D eigenvalue weighted by molar-refractivity contribution is -0.140. The molecule has 84 valence electrons. The summed E-state index contributed by atoms with van der Waals surface area (Å²) in [5, 5.41) is 7.99. The lowest BCUT2D eigenvalue weighted by Gasteiger charge is -2.16. The zero-order chi connectivity index (χ0) is 11.9. The zero-order valence-electron chi connectivity index (χ0n) is 9.33. The molecule has 0 aromatic carbocycles. The Labute approximate surface area is 84.2 Å². The molecule has 0 bridgehead atoms. The SMILES string of the molecule is CC(C)(C)OC(N)=O.CC(C)C(=O)O. The molecule has 0 saturated heterocycles. The quantitative estimate of drug-likeness (QED) is 0.680. The summed E-state index contributed by atoms with van der Waals surface area (Å²) in [7, 11) is 0. The van der Waals surface area contributed by atoms with E-state index >= 15 is 0 Å². The van der Waals surface area contributed by atoms with Gasteiger partial charge in [0.1, 0.15) is 5.60 Å². The Balaban J connectivity index is 0. The molecule has 3 N–H and O–H groups in total. The van der Waals surface area contributed by atoms with Crippen molar-refractivity contribution in [1.29, 1.82) is 0 Å². The van der Waals surface area contributed by atoms with Crippen LogP contribution in [-0.4, -0.2) is 22.8 Å². The zero-order valence-corrected chi connectivity index (χ0v) is 9.33. The van der Waals surface area contributed by atoms with E-state index in [0.29, 0.717) is 0 Å². The van der Waals surface area contributed by atoms with Gasteiger partial charge < -0.3 is 15.6 Å². The van der Waals surface area contributed by atoms with Crippen molar-refractivity contribution in [3.8, 4) is 0 Å². The van der Waals surface area contributed by atoms with Crippen LogP contribution in [0.3, 0.4) is 0 Å². The second kappa shape index (κ2) is 6.23. The summed E-state index contributed by atoms with van der Waals surface area (Å²) in [6.45, 7) is 8.57. The van der Waals surface area contributed by atoms with Crippen LogP contribution in [0.25, 0.3) is 0 Å². The standard InChI is InChI=1S/C5H11NO2.C4H8O2/c1-5(2,3)8-4(6)7;1-3(2)4(5)6/h1-3H3,(H2,6,7);3H,1-2H3,(H,5,6). The van der Waals surface area contributed by atoms with Gasteiger partial charge in [0.25, 0.3) is 0 Å². The maximum absolute atomic E-state index is 10.0. The van der Waals surface area contributed by atoms with Crippen molar-refractivity contribution in [3.05, 3.63) is 0 Å². The summed E-state index contributed by atoms with van der Waals surface area (Å²) < 4.78 is 4.58. The fourth-order valence-corrected chi connectivity index (χ4v) is 0.302. The van der Waals surface area contributed by atoms with Gasteiger partial charge in [0.15, 0.2) is 0 Å². The largest absolute Gasteiger partial charge is 0.481 e. The van der Waals surface area contributed by atoms with Gasteiger partial charge in [-0.25, -0.2) is 4.79 Å². The van der Waals surface area contributed by atoms with Crippen molar-refractivity contribution >= 4 is 12.1 Å². The van der Waals surface area contributed by atoms with E-state index in [4.69, 9.17) is 10.8 Å². The van der Waals surface area contributed by atoms with Gasteiger partial charge in [-0.05, 0) is 20.8 Å². The van der Waals surface area contributed by atoms with Gasteiger partial charge >= 0.3 is 12.1 Å². The van der Waals surface area contributed by atoms with Crippen LogP contribution in [0, 0.1) is 5.92 Å². The number of carboxylic acids is 1. The predicted octanol–water partition coefficient (Wildman–Crippen LogP) is 1.61.